The highest BCUT2D eigenvalue weighted by Crippen LogP contribution is 2.32. The van der Waals surface area contributed by atoms with E-state index in [1.807, 2.05) is 30.3 Å². The van der Waals surface area contributed by atoms with E-state index in [4.69, 9.17) is 19.2 Å². The Morgan fingerprint density at radius 3 is 2.53 bits per heavy atom. The van der Waals surface area contributed by atoms with Gasteiger partial charge in [-0.1, -0.05) is 12.1 Å². The summed E-state index contributed by atoms with van der Waals surface area (Å²) in [5.74, 6) is 3.57. The summed E-state index contributed by atoms with van der Waals surface area (Å²) < 4.78 is 16.2. The molecule has 1 atom stereocenters. The molecule has 2 N–H and O–H groups in total. The van der Waals surface area contributed by atoms with Crippen LogP contribution in [0.15, 0.2) is 47.5 Å². The van der Waals surface area contributed by atoms with Crippen LogP contribution in [0, 0.1) is 5.92 Å². The number of ether oxygens (including phenoxy) is 3. The van der Waals surface area contributed by atoms with Crippen LogP contribution < -0.4 is 29.7 Å². The highest BCUT2D eigenvalue weighted by molar-refractivity contribution is 5.93. The van der Waals surface area contributed by atoms with Crippen molar-refractivity contribution in [2.24, 2.45) is 10.9 Å². The number of hydrogen-bond acceptors (Lipinski definition) is 5. The molecule has 2 aromatic rings. The van der Waals surface area contributed by atoms with Gasteiger partial charge >= 0.3 is 0 Å². The number of guanidine groups is 1. The van der Waals surface area contributed by atoms with Crippen LogP contribution in [-0.2, 0) is 0 Å². The van der Waals surface area contributed by atoms with Crippen molar-refractivity contribution in [1.82, 2.24) is 5.32 Å². The van der Waals surface area contributed by atoms with E-state index in [9.17, 15) is 0 Å². The zero-order valence-corrected chi connectivity index (χ0v) is 18.3. The summed E-state index contributed by atoms with van der Waals surface area (Å²) in [7, 11) is 4.99. The van der Waals surface area contributed by atoms with Crippen molar-refractivity contribution in [2.75, 3.05) is 57.7 Å². The number of nitrogens with zero attached hydrogens (tertiary/aromatic N) is 2. The summed E-state index contributed by atoms with van der Waals surface area (Å²) >= 11 is 0. The molecule has 162 valence electrons. The van der Waals surface area contributed by atoms with Crippen LogP contribution >= 0.6 is 0 Å². The summed E-state index contributed by atoms with van der Waals surface area (Å²) in [6.07, 6.45) is 1.11. The number of nitrogens with one attached hydrogen (secondary N) is 2. The minimum absolute atomic E-state index is 0.496. The van der Waals surface area contributed by atoms with Crippen molar-refractivity contribution in [3.63, 3.8) is 0 Å². The SMILES string of the molecule is CCNC(=NCC1CCN(c2ccccc2OC)C1)Nc1ccc(OC)c(OC)c1. The van der Waals surface area contributed by atoms with Gasteiger partial charge < -0.3 is 29.7 Å². The number of para-hydroxylation sites is 2. The number of methoxy groups -OCH3 is 3. The molecule has 0 radical (unpaired) electrons. The van der Waals surface area contributed by atoms with E-state index in [0.29, 0.717) is 17.4 Å². The van der Waals surface area contributed by atoms with E-state index in [1.165, 1.54) is 0 Å². The highest BCUT2D eigenvalue weighted by Gasteiger charge is 2.24. The quantitative estimate of drug-likeness (QED) is 0.510. The molecule has 30 heavy (non-hydrogen) atoms. The maximum absolute atomic E-state index is 5.52. The van der Waals surface area contributed by atoms with Crippen LogP contribution in [0.1, 0.15) is 13.3 Å². The molecule has 0 amide bonds. The first-order valence-electron chi connectivity index (χ1n) is 10.3. The van der Waals surface area contributed by atoms with E-state index in [0.717, 1.165) is 55.7 Å². The Hall–Kier alpha value is -3.09. The van der Waals surface area contributed by atoms with E-state index in [1.54, 1.807) is 21.3 Å². The largest absolute Gasteiger partial charge is 0.495 e. The fourth-order valence-corrected chi connectivity index (χ4v) is 3.67. The Balaban J connectivity index is 1.64. The average Bonchev–Trinajstić information content (AvgIpc) is 3.26. The molecule has 0 aromatic heterocycles. The predicted molar refractivity (Wildman–Crippen MR) is 122 cm³/mol. The van der Waals surface area contributed by atoms with Crippen molar-refractivity contribution in [3.05, 3.63) is 42.5 Å². The average molecular weight is 413 g/mol. The zero-order valence-electron chi connectivity index (χ0n) is 18.3. The molecule has 1 aliphatic rings. The Bertz CT molecular complexity index is 856. The molecule has 1 fully saturated rings. The molecule has 2 aromatic carbocycles. The minimum atomic E-state index is 0.496. The summed E-state index contributed by atoms with van der Waals surface area (Å²) in [6.45, 7) is 5.59. The molecule has 7 nitrogen and oxygen atoms in total. The fourth-order valence-electron chi connectivity index (χ4n) is 3.67. The first-order chi connectivity index (χ1) is 14.7. The van der Waals surface area contributed by atoms with E-state index >= 15 is 0 Å². The molecular weight excluding hydrogens is 380 g/mol. The van der Waals surface area contributed by atoms with Crippen LogP contribution in [0.4, 0.5) is 11.4 Å². The maximum atomic E-state index is 5.52. The fraction of sp³-hybridized carbons (Fsp3) is 0.435. The van der Waals surface area contributed by atoms with Gasteiger partial charge in [0.15, 0.2) is 17.5 Å². The summed E-state index contributed by atoms with van der Waals surface area (Å²) in [5.41, 5.74) is 2.05. The lowest BCUT2D eigenvalue weighted by atomic mass is 10.1. The Labute approximate surface area is 179 Å². The molecule has 0 saturated carbocycles. The lowest BCUT2D eigenvalue weighted by Gasteiger charge is -2.21. The van der Waals surface area contributed by atoms with Crippen molar-refractivity contribution >= 4 is 17.3 Å². The van der Waals surface area contributed by atoms with E-state index < -0.39 is 0 Å². The normalized spacial score (nSPS) is 16.3. The van der Waals surface area contributed by atoms with Gasteiger partial charge in [0.2, 0.25) is 0 Å². The van der Waals surface area contributed by atoms with Gasteiger partial charge in [-0.05, 0) is 43.5 Å². The van der Waals surface area contributed by atoms with Crippen molar-refractivity contribution in [1.29, 1.82) is 0 Å². The minimum Gasteiger partial charge on any atom is -0.495 e. The smallest absolute Gasteiger partial charge is 0.195 e. The first-order valence-corrected chi connectivity index (χ1v) is 10.3. The molecular formula is C23H32N4O3. The van der Waals surface area contributed by atoms with Crippen LogP contribution in [0.25, 0.3) is 0 Å². The second-order valence-electron chi connectivity index (χ2n) is 7.19. The Kier molecular flexibility index (Phi) is 7.65. The highest BCUT2D eigenvalue weighted by atomic mass is 16.5. The monoisotopic (exact) mass is 412 g/mol. The second-order valence-corrected chi connectivity index (χ2v) is 7.19. The zero-order chi connectivity index (χ0) is 21.3. The molecule has 3 rings (SSSR count). The second kappa shape index (κ2) is 10.6. The molecule has 1 saturated heterocycles. The van der Waals surface area contributed by atoms with Gasteiger partial charge in [-0.15, -0.1) is 0 Å². The molecule has 0 bridgehead atoms. The van der Waals surface area contributed by atoms with Gasteiger partial charge in [0.25, 0.3) is 0 Å². The van der Waals surface area contributed by atoms with Gasteiger partial charge in [-0.3, -0.25) is 4.99 Å². The first kappa shape index (κ1) is 21.6. The third kappa shape index (κ3) is 5.28. The number of hydrogen-bond donors (Lipinski definition) is 2. The molecule has 0 aliphatic carbocycles. The van der Waals surface area contributed by atoms with Crippen LogP contribution in [-0.4, -0.2) is 53.5 Å². The molecule has 0 spiro atoms. The standard InChI is InChI=1S/C23H32N4O3/c1-5-24-23(26-18-10-11-21(29-3)22(14-18)30-4)25-15-17-12-13-27(16-17)19-8-6-7-9-20(19)28-2/h6-11,14,17H,5,12-13,15-16H2,1-4H3,(H2,24,25,26). The van der Waals surface area contributed by atoms with Gasteiger partial charge in [0.1, 0.15) is 5.75 Å². The predicted octanol–water partition coefficient (Wildman–Crippen LogP) is 3.62. The van der Waals surface area contributed by atoms with Crippen LogP contribution in [0.3, 0.4) is 0 Å². The van der Waals surface area contributed by atoms with E-state index in [2.05, 4.69) is 34.6 Å². The molecule has 7 heteroatoms. The topological polar surface area (TPSA) is 67.4 Å². The van der Waals surface area contributed by atoms with Crippen molar-refractivity contribution in [2.45, 2.75) is 13.3 Å². The molecule has 1 heterocycles. The summed E-state index contributed by atoms with van der Waals surface area (Å²) in [5, 5.41) is 6.68. The molecule has 1 aliphatic heterocycles. The summed E-state index contributed by atoms with van der Waals surface area (Å²) in [4.78, 5) is 7.21. The number of anilines is 2. The van der Waals surface area contributed by atoms with Gasteiger partial charge in [0.05, 0.1) is 27.0 Å². The van der Waals surface area contributed by atoms with Crippen molar-refractivity contribution in [3.8, 4) is 17.2 Å². The van der Waals surface area contributed by atoms with Crippen LogP contribution in [0.5, 0.6) is 17.2 Å². The number of aliphatic imine (C=N–C) groups is 1. The van der Waals surface area contributed by atoms with E-state index in [-0.39, 0.29) is 0 Å². The maximum Gasteiger partial charge on any atom is 0.195 e. The Morgan fingerprint density at radius 2 is 1.80 bits per heavy atom. The van der Waals surface area contributed by atoms with Gasteiger partial charge in [-0.25, -0.2) is 0 Å². The lowest BCUT2D eigenvalue weighted by Crippen LogP contribution is -2.31. The number of benzene rings is 2. The number of rotatable bonds is 8. The van der Waals surface area contributed by atoms with Gasteiger partial charge in [0, 0.05) is 37.9 Å². The lowest BCUT2D eigenvalue weighted by molar-refractivity contribution is 0.355. The Morgan fingerprint density at radius 1 is 1.03 bits per heavy atom. The van der Waals surface area contributed by atoms with Gasteiger partial charge in [-0.2, -0.15) is 0 Å². The third-order valence-corrected chi connectivity index (χ3v) is 5.21. The summed E-state index contributed by atoms with van der Waals surface area (Å²) in [6, 6.07) is 13.9. The molecule has 1 unspecified atom stereocenters. The van der Waals surface area contributed by atoms with Crippen molar-refractivity contribution < 1.29 is 14.2 Å². The third-order valence-electron chi connectivity index (χ3n) is 5.21. The van der Waals surface area contributed by atoms with Crippen LogP contribution in [0.2, 0.25) is 0 Å².